The molecule has 3 aromatic rings. The first kappa shape index (κ1) is 11.6. The molecule has 0 aliphatic rings. The second-order valence-electron chi connectivity index (χ2n) is 4.08. The number of rotatable bonds is 4. The third kappa shape index (κ3) is 2.38. The van der Waals surface area contributed by atoms with Crippen LogP contribution in [0.15, 0.2) is 47.1 Å². The molecule has 0 saturated carbocycles. The van der Waals surface area contributed by atoms with Crippen LogP contribution in [0, 0.1) is 0 Å². The van der Waals surface area contributed by atoms with Gasteiger partial charge in [-0.1, -0.05) is 30.3 Å². The number of hydrogen-bond acceptors (Lipinski definition) is 5. The smallest absolute Gasteiger partial charge is 0.204 e. The maximum absolute atomic E-state index is 5.62. The highest BCUT2D eigenvalue weighted by atomic mass is 16.3. The van der Waals surface area contributed by atoms with Crippen molar-refractivity contribution in [1.82, 2.24) is 20.2 Å². The fourth-order valence-corrected chi connectivity index (χ4v) is 1.83. The van der Waals surface area contributed by atoms with Crippen molar-refractivity contribution in [1.29, 1.82) is 0 Å². The molecule has 0 aliphatic heterocycles. The molecule has 0 fully saturated rings. The van der Waals surface area contributed by atoms with Crippen molar-refractivity contribution in [3.05, 3.63) is 54.0 Å². The molecule has 0 bridgehead atoms. The highest BCUT2D eigenvalue weighted by molar-refractivity contribution is 5.52. The van der Waals surface area contributed by atoms with Crippen LogP contribution < -0.4 is 5.73 Å². The van der Waals surface area contributed by atoms with Gasteiger partial charge in [0.1, 0.15) is 12.3 Å². The molecule has 6 nitrogen and oxygen atoms in total. The number of aromatic nitrogens is 4. The highest BCUT2D eigenvalue weighted by Crippen LogP contribution is 2.14. The fourth-order valence-electron chi connectivity index (χ4n) is 1.83. The van der Waals surface area contributed by atoms with E-state index in [4.69, 9.17) is 10.2 Å². The lowest BCUT2D eigenvalue weighted by atomic mass is 10.2. The van der Waals surface area contributed by atoms with Crippen molar-refractivity contribution in [3.8, 4) is 11.4 Å². The molecule has 0 unspecified atom stereocenters. The SMILES string of the molecule is NCc1ccoc1Cn1nnc(-c2ccccc2)n1. The number of furan rings is 1. The summed E-state index contributed by atoms with van der Waals surface area (Å²) < 4.78 is 5.37. The quantitative estimate of drug-likeness (QED) is 0.762. The largest absolute Gasteiger partial charge is 0.467 e. The first-order chi connectivity index (χ1) is 9.36. The Hall–Kier alpha value is -2.47. The zero-order valence-corrected chi connectivity index (χ0v) is 10.2. The van der Waals surface area contributed by atoms with Crippen LogP contribution in [0.3, 0.4) is 0 Å². The molecular formula is C13H13N5O. The summed E-state index contributed by atoms with van der Waals surface area (Å²) in [7, 11) is 0. The zero-order valence-electron chi connectivity index (χ0n) is 10.2. The van der Waals surface area contributed by atoms with Crippen LogP contribution in [0.25, 0.3) is 11.4 Å². The van der Waals surface area contributed by atoms with Gasteiger partial charge >= 0.3 is 0 Å². The average molecular weight is 255 g/mol. The van der Waals surface area contributed by atoms with Gasteiger partial charge in [0.25, 0.3) is 0 Å². The summed E-state index contributed by atoms with van der Waals surface area (Å²) in [4.78, 5) is 1.50. The molecule has 1 aromatic carbocycles. The Labute approximate surface area is 109 Å². The van der Waals surface area contributed by atoms with E-state index < -0.39 is 0 Å². The van der Waals surface area contributed by atoms with E-state index in [2.05, 4.69) is 15.4 Å². The van der Waals surface area contributed by atoms with Gasteiger partial charge < -0.3 is 10.2 Å². The van der Waals surface area contributed by atoms with Gasteiger partial charge in [-0.25, -0.2) is 0 Å². The van der Waals surface area contributed by atoms with Gasteiger partial charge in [0.05, 0.1) is 6.26 Å². The molecule has 0 radical (unpaired) electrons. The van der Waals surface area contributed by atoms with Crippen LogP contribution in [-0.2, 0) is 13.1 Å². The van der Waals surface area contributed by atoms with Gasteiger partial charge in [-0.15, -0.1) is 10.2 Å². The first-order valence-electron chi connectivity index (χ1n) is 5.95. The van der Waals surface area contributed by atoms with Crippen LogP contribution in [0.1, 0.15) is 11.3 Å². The Bertz CT molecular complexity index is 658. The number of nitrogens with two attached hydrogens (primary N) is 1. The van der Waals surface area contributed by atoms with E-state index in [0.29, 0.717) is 18.9 Å². The van der Waals surface area contributed by atoms with Crippen molar-refractivity contribution in [2.75, 3.05) is 0 Å². The number of nitrogens with zero attached hydrogens (tertiary/aromatic N) is 4. The minimum Gasteiger partial charge on any atom is -0.467 e. The number of hydrogen-bond donors (Lipinski definition) is 1. The van der Waals surface area contributed by atoms with Crippen LogP contribution in [-0.4, -0.2) is 20.2 Å². The third-order valence-electron chi connectivity index (χ3n) is 2.83. The van der Waals surface area contributed by atoms with Crippen molar-refractivity contribution in [2.24, 2.45) is 5.73 Å². The summed E-state index contributed by atoms with van der Waals surface area (Å²) in [6.45, 7) is 0.867. The van der Waals surface area contributed by atoms with Gasteiger partial charge in [-0.05, 0) is 11.3 Å². The molecule has 2 N–H and O–H groups in total. The lowest BCUT2D eigenvalue weighted by Gasteiger charge is -1.98. The molecule has 2 heterocycles. The molecular weight excluding hydrogens is 242 g/mol. The number of tetrazole rings is 1. The van der Waals surface area contributed by atoms with Gasteiger partial charge in [-0.3, -0.25) is 0 Å². The van der Waals surface area contributed by atoms with Crippen LogP contribution in [0.4, 0.5) is 0 Å². The monoisotopic (exact) mass is 255 g/mol. The molecule has 96 valence electrons. The van der Waals surface area contributed by atoms with E-state index in [1.165, 1.54) is 4.80 Å². The predicted octanol–water partition coefficient (Wildman–Crippen LogP) is 1.44. The summed E-state index contributed by atoms with van der Waals surface area (Å²) in [6.07, 6.45) is 1.62. The van der Waals surface area contributed by atoms with E-state index in [0.717, 1.165) is 16.9 Å². The van der Waals surface area contributed by atoms with E-state index in [1.54, 1.807) is 6.26 Å². The number of benzene rings is 1. The molecule has 0 amide bonds. The maximum Gasteiger partial charge on any atom is 0.204 e. The zero-order chi connectivity index (χ0) is 13.1. The normalized spacial score (nSPS) is 10.8. The summed E-state index contributed by atoms with van der Waals surface area (Å²) in [5, 5.41) is 12.4. The molecule has 19 heavy (non-hydrogen) atoms. The molecule has 0 spiro atoms. The van der Waals surface area contributed by atoms with Crippen molar-refractivity contribution in [2.45, 2.75) is 13.1 Å². The first-order valence-corrected chi connectivity index (χ1v) is 5.95. The third-order valence-corrected chi connectivity index (χ3v) is 2.83. The minimum absolute atomic E-state index is 0.430. The second-order valence-corrected chi connectivity index (χ2v) is 4.08. The molecule has 0 saturated heterocycles. The van der Waals surface area contributed by atoms with Crippen molar-refractivity contribution in [3.63, 3.8) is 0 Å². The Morgan fingerprint density at radius 2 is 2.00 bits per heavy atom. The topological polar surface area (TPSA) is 82.8 Å². The van der Waals surface area contributed by atoms with Crippen LogP contribution in [0.5, 0.6) is 0 Å². The Kier molecular flexibility index (Phi) is 3.07. The van der Waals surface area contributed by atoms with Gasteiger partial charge in [-0.2, -0.15) is 4.80 Å². The van der Waals surface area contributed by atoms with E-state index in [1.807, 2.05) is 36.4 Å². The molecule has 3 rings (SSSR count). The summed E-state index contributed by atoms with van der Waals surface area (Å²) >= 11 is 0. The lowest BCUT2D eigenvalue weighted by molar-refractivity contribution is 0.449. The van der Waals surface area contributed by atoms with Crippen molar-refractivity contribution >= 4 is 0 Å². The molecule has 0 atom stereocenters. The van der Waals surface area contributed by atoms with E-state index in [-0.39, 0.29) is 0 Å². The lowest BCUT2D eigenvalue weighted by Crippen LogP contribution is -2.07. The molecule has 6 heteroatoms. The Morgan fingerprint density at radius 3 is 2.79 bits per heavy atom. The van der Waals surface area contributed by atoms with Gasteiger partial charge in [0, 0.05) is 17.7 Å². The van der Waals surface area contributed by atoms with Crippen LogP contribution >= 0.6 is 0 Å². The van der Waals surface area contributed by atoms with E-state index >= 15 is 0 Å². The van der Waals surface area contributed by atoms with Crippen molar-refractivity contribution < 1.29 is 4.42 Å². The summed E-state index contributed by atoms with van der Waals surface area (Å²) in [5.74, 6) is 1.36. The molecule has 2 aromatic heterocycles. The molecule has 0 aliphatic carbocycles. The second kappa shape index (κ2) is 5.03. The highest BCUT2D eigenvalue weighted by Gasteiger charge is 2.09. The minimum atomic E-state index is 0.430. The van der Waals surface area contributed by atoms with Gasteiger partial charge in [0.15, 0.2) is 0 Å². The maximum atomic E-state index is 5.62. The predicted molar refractivity (Wildman–Crippen MR) is 69.0 cm³/mol. The average Bonchev–Trinajstić information content (AvgIpc) is 3.09. The Balaban J connectivity index is 1.82. The van der Waals surface area contributed by atoms with Crippen LogP contribution in [0.2, 0.25) is 0 Å². The Morgan fingerprint density at radius 1 is 1.16 bits per heavy atom. The standard InChI is InChI=1S/C13H13N5O/c14-8-11-6-7-19-12(11)9-18-16-13(15-17-18)10-4-2-1-3-5-10/h1-7H,8-9,14H2. The summed E-state index contributed by atoms with van der Waals surface area (Å²) in [5.41, 5.74) is 7.51. The summed E-state index contributed by atoms with van der Waals surface area (Å²) in [6, 6.07) is 11.6. The fraction of sp³-hybridized carbons (Fsp3) is 0.154. The van der Waals surface area contributed by atoms with Gasteiger partial charge in [0.2, 0.25) is 5.82 Å². The van der Waals surface area contributed by atoms with E-state index in [9.17, 15) is 0 Å².